The van der Waals surface area contributed by atoms with Gasteiger partial charge in [-0.25, -0.2) is 9.49 Å². The molecule has 2 aromatic carbocycles. The summed E-state index contributed by atoms with van der Waals surface area (Å²) in [7, 11) is 0. The predicted octanol–water partition coefficient (Wildman–Crippen LogP) is 3.63. The molecule has 3 aromatic rings. The molecule has 1 aromatic heterocycles. The first-order valence-corrected chi connectivity index (χ1v) is 6.67. The summed E-state index contributed by atoms with van der Waals surface area (Å²) in [6.07, 6.45) is 1.54. The Hall–Kier alpha value is -2.60. The van der Waals surface area contributed by atoms with Crippen LogP contribution in [0.25, 0.3) is 11.4 Å². The summed E-state index contributed by atoms with van der Waals surface area (Å²) < 4.78 is 15.0. The molecule has 1 heterocycles. The Morgan fingerprint density at radius 2 is 1.95 bits per heavy atom. The van der Waals surface area contributed by atoms with Crippen molar-refractivity contribution in [3.05, 3.63) is 70.7 Å². The molecular weight excluding hydrogens is 287 g/mol. The number of benzene rings is 2. The van der Waals surface area contributed by atoms with Crippen LogP contribution in [0.1, 0.15) is 5.56 Å². The van der Waals surface area contributed by atoms with Crippen LogP contribution in [0.5, 0.6) is 0 Å². The average molecular weight is 298 g/mol. The highest BCUT2D eigenvalue weighted by Gasteiger charge is 2.06. The number of halogens is 1. The Kier molecular flexibility index (Phi) is 3.70. The number of hydrogen-bond acceptors (Lipinski definition) is 3. The molecule has 4 nitrogen and oxygen atoms in total. The van der Waals surface area contributed by atoms with Crippen LogP contribution in [-0.2, 0) is 0 Å². The summed E-state index contributed by atoms with van der Waals surface area (Å²) >= 11 is 5.17. The van der Waals surface area contributed by atoms with Gasteiger partial charge in [0, 0.05) is 5.56 Å². The molecule has 1 N–H and O–H groups in total. The molecule has 21 heavy (non-hydrogen) atoms. The second-order valence-corrected chi connectivity index (χ2v) is 4.72. The molecule has 6 heteroatoms. The molecule has 0 aliphatic heterocycles. The first kappa shape index (κ1) is 13.4. The molecular formula is C15H11FN4S. The van der Waals surface area contributed by atoms with Gasteiger partial charge in [-0.15, -0.1) is 0 Å². The van der Waals surface area contributed by atoms with Crippen LogP contribution in [0.3, 0.4) is 0 Å². The molecule has 0 unspecified atom stereocenters. The fourth-order valence-corrected chi connectivity index (χ4v) is 2.06. The topological polar surface area (TPSA) is 46.0 Å². The Labute approximate surface area is 125 Å². The fraction of sp³-hybridized carbons (Fsp3) is 0. The van der Waals surface area contributed by atoms with Crippen molar-refractivity contribution in [2.75, 3.05) is 0 Å². The molecule has 0 spiro atoms. The third-order valence-corrected chi connectivity index (χ3v) is 3.12. The van der Waals surface area contributed by atoms with Gasteiger partial charge in [0.05, 0.1) is 6.21 Å². The Bertz CT molecular complexity index is 836. The molecule has 0 bridgehead atoms. The zero-order valence-electron chi connectivity index (χ0n) is 10.9. The molecule has 0 saturated carbocycles. The molecule has 0 aliphatic rings. The van der Waals surface area contributed by atoms with Gasteiger partial charge >= 0.3 is 0 Å². The van der Waals surface area contributed by atoms with Crippen molar-refractivity contribution in [3.63, 3.8) is 0 Å². The van der Waals surface area contributed by atoms with Gasteiger partial charge in [-0.1, -0.05) is 42.5 Å². The first-order chi connectivity index (χ1) is 10.2. The van der Waals surface area contributed by atoms with Crippen molar-refractivity contribution in [2.45, 2.75) is 0 Å². The van der Waals surface area contributed by atoms with Gasteiger partial charge in [0.2, 0.25) is 4.77 Å². The number of hydrogen-bond donors (Lipinski definition) is 1. The van der Waals surface area contributed by atoms with Gasteiger partial charge in [0.1, 0.15) is 5.82 Å². The van der Waals surface area contributed by atoms with Crippen LogP contribution in [0, 0.1) is 10.6 Å². The molecule has 3 rings (SSSR count). The molecule has 0 aliphatic carbocycles. The highest BCUT2D eigenvalue weighted by atomic mass is 32.1. The minimum Gasteiger partial charge on any atom is -0.250 e. The van der Waals surface area contributed by atoms with Crippen molar-refractivity contribution in [2.24, 2.45) is 5.10 Å². The normalized spacial score (nSPS) is 11.1. The number of nitrogens with one attached hydrogen (secondary N) is 1. The van der Waals surface area contributed by atoms with Gasteiger partial charge < -0.3 is 0 Å². The van der Waals surface area contributed by atoms with Crippen molar-refractivity contribution < 1.29 is 4.39 Å². The second-order valence-electron chi connectivity index (χ2n) is 4.33. The Balaban J connectivity index is 2.00. The highest BCUT2D eigenvalue weighted by molar-refractivity contribution is 7.71. The molecule has 104 valence electrons. The van der Waals surface area contributed by atoms with Crippen LogP contribution in [-0.4, -0.2) is 21.1 Å². The van der Waals surface area contributed by atoms with E-state index in [0.29, 0.717) is 16.2 Å². The average Bonchev–Trinajstić information content (AvgIpc) is 2.87. The third-order valence-electron chi connectivity index (χ3n) is 2.85. The van der Waals surface area contributed by atoms with Crippen LogP contribution < -0.4 is 0 Å². The lowest BCUT2D eigenvalue weighted by molar-refractivity contribution is 0.627. The molecule has 0 atom stereocenters. The largest absolute Gasteiger partial charge is 0.250 e. The summed E-state index contributed by atoms with van der Waals surface area (Å²) in [6.45, 7) is 0. The van der Waals surface area contributed by atoms with Crippen LogP contribution >= 0.6 is 12.2 Å². The minimum atomic E-state index is -0.307. The predicted molar refractivity (Wildman–Crippen MR) is 82.2 cm³/mol. The van der Waals surface area contributed by atoms with Crippen molar-refractivity contribution in [3.8, 4) is 11.4 Å². The molecule has 0 amide bonds. The number of aromatic nitrogens is 3. The minimum absolute atomic E-state index is 0.307. The SMILES string of the molecule is Fc1cccc(C=Nn2c(-c3ccccc3)n[nH]c2=S)c1. The van der Waals surface area contributed by atoms with E-state index in [2.05, 4.69) is 15.3 Å². The maximum atomic E-state index is 13.1. The maximum Gasteiger partial charge on any atom is 0.216 e. The van der Waals surface area contributed by atoms with Gasteiger partial charge in [0.25, 0.3) is 0 Å². The van der Waals surface area contributed by atoms with E-state index in [1.165, 1.54) is 16.8 Å². The number of rotatable bonds is 3. The number of nitrogens with zero attached hydrogens (tertiary/aromatic N) is 3. The monoisotopic (exact) mass is 298 g/mol. The first-order valence-electron chi connectivity index (χ1n) is 6.27. The number of aromatic amines is 1. The fourth-order valence-electron chi connectivity index (χ4n) is 1.88. The van der Waals surface area contributed by atoms with Gasteiger partial charge in [-0.3, -0.25) is 0 Å². The standard InChI is InChI=1S/C15H11FN4S/c16-13-8-4-5-11(9-13)10-17-20-14(18-19-15(20)21)12-6-2-1-3-7-12/h1-10H,(H,19,21). The molecule has 0 fully saturated rings. The van der Waals surface area contributed by atoms with Crippen molar-refractivity contribution in [1.82, 2.24) is 14.9 Å². The smallest absolute Gasteiger partial charge is 0.216 e. The van der Waals surface area contributed by atoms with E-state index in [1.807, 2.05) is 30.3 Å². The summed E-state index contributed by atoms with van der Waals surface area (Å²) in [5.41, 5.74) is 1.54. The number of H-pyrrole nitrogens is 1. The lowest BCUT2D eigenvalue weighted by Gasteiger charge is -2.00. The zero-order chi connectivity index (χ0) is 14.7. The van der Waals surface area contributed by atoms with E-state index < -0.39 is 0 Å². The lowest BCUT2D eigenvalue weighted by atomic mass is 10.2. The highest BCUT2D eigenvalue weighted by Crippen LogP contribution is 2.16. The van der Waals surface area contributed by atoms with E-state index in [1.54, 1.807) is 18.3 Å². The summed E-state index contributed by atoms with van der Waals surface area (Å²) in [5.74, 6) is 0.297. The van der Waals surface area contributed by atoms with Crippen LogP contribution in [0.2, 0.25) is 0 Å². The summed E-state index contributed by atoms with van der Waals surface area (Å²) in [5, 5.41) is 11.2. The van der Waals surface area contributed by atoms with E-state index in [-0.39, 0.29) is 5.82 Å². The summed E-state index contributed by atoms with van der Waals surface area (Å²) in [6, 6.07) is 15.7. The third kappa shape index (κ3) is 2.95. The Morgan fingerprint density at radius 3 is 2.71 bits per heavy atom. The van der Waals surface area contributed by atoms with E-state index in [4.69, 9.17) is 12.2 Å². The van der Waals surface area contributed by atoms with E-state index >= 15 is 0 Å². The van der Waals surface area contributed by atoms with Gasteiger partial charge in [-0.2, -0.15) is 14.9 Å². The lowest BCUT2D eigenvalue weighted by Crippen LogP contribution is -1.95. The van der Waals surface area contributed by atoms with E-state index in [0.717, 1.165) is 5.56 Å². The maximum absolute atomic E-state index is 13.1. The Morgan fingerprint density at radius 1 is 1.14 bits per heavy atom. The van der Waals surface area contributed by atoms with Crippen LogP contribution in [0.15, 0.2) is 59.7 Å². The van der Waals surface area contributed by atoms with Crippen molar-refractivity contribution in [1.29, 1.82) is 0 Å². The quantitative estimate of drug-likeness (QED) is 0.593. The summed E-state index contributed by atoms with van der Waals surface area (Å²) in [4.78, 5) is 0. The molecule has 0 saturated heterocycles. The van der Waals surface area contributed by atoms with E-state index in [9.17, 15) is 4.39 Å². The molecule has 0 radical (unpaired) electrons. The van der Waals surface area contributed by atoms with Crippen LogP contribution in [0.4, 0.5) is 4.39 Å². The zero-order valence-corrected chi connectivity index (χ0v) is 11.7. The van der Waals surface area contributed by atoms with Gasteiger partial charge in [-0.05, 0) is 29.9 Å². The second kappa shape index (κ2) is 5.80. The van der Waals surface area contributed by atoms with Crippen molar-refractivity contribution >= 4 is 18.4 Å². The van der Waals surface area contributed by atoms with Gasteiger partial charge in [0.15, 0.2) is 5.82 Å².